The van der Waals surface area contributed by atoms with E-state index < -0.39 is 0 Å². The molecule has 1 saturated heterocycles. The Morgan fingerprint density at radius 3 is 2.93 bits per heavy atom. The summed E-state index contributed by atoms with van der Waals surface area (Å²) in [6.45, 7) is 6.44. The Kier molecular flexibility index (Phi) is 4.00. The Balaban J connectivity index is 1.68. The van der Waals surface area contributed by atoms with Crippen molar-refractivity contribution in [2.75, 3.05) is 33.3 Å². The molecule has 3 nitrogen and oxygen atoms in total. The van der Waals surface area contributed by atoms with Gasteiger partial charge >= 0.3 is 0 Å². The summed E-state index contributed by atoms with van der Waals surface area (Å²) in [5.74, 6) is 0.853. The lowest BCUT2D eigenvalue weighted by molar-refractivity contribution is -0.0196. The largest absolute Gasteiger partial charge is 0.374 e. The number of hydrogen-bond acceptors (Lipinski definition) is 3. The lowest BCUT2D eigenvalue weighted by Gasteiger charge is -2.31. The number of hydrogen-bond donors (Lipinski definition) is 1. The van der Waals surface area contributed by atoms with Crippen molar-refractivity contribution in [1.29, 1.82) is 0 Å². The second-order valence-corrected chi connectivity index (χ2v) is 5.18. The first-order chi connectivity index (χ1) is 7.25. The molecule has 1 saturated carbocycles. The molecule has 1 heterocycles. The van der Waals surface area contributed by atoms with Crippen LogP contribution in [0.5, 0.6) is 0 Å². The summed E-state index contributed by atoms with van der Waals surface area (Å²) in [5, 5.41) is 3.67. The van der Waals surface area contributed by atoms with Gasteiger partial charge in [-0.1, -0.05) is 13.3 Å². The number of ether oxygens (including phenoxy) is 1. The van der Waals surface area contributed by atoms with Crippen molar-refractivity contribution in [3.8, 4) is 0 Å². The van der Waals surface area contributed by atoms with Crippen molar-refractivity contribution in [2.24, 2.45) is 5.92 Å². The van der Waals surface area contributed by atoms with Gasteiger partial charge in [-0.25, -0.2) is 0 Å². The summed E-state index contributed by atoms with van der Waals surface area (Å²) in [6, 6.07) is 0.737. The van der Waals surface area contributed by atoms with E-state index in [1.165, 1.54) is 19.3 Å². The quantitative estimate of drug-likeness (QED) is 0.758. The minimum Gasteiger partial charge on any atom is -0.374 e. The molecule has 2 rings (SSSR count). The van der Waals surface area contributed by atoms with Gasteiger partial charge in [0.15, 0.2) is 0 Å². The summed E-state index contributed by atoms with van der Waals surface area (Å²) >= 11 is 0. The predicted octanol–water partition coefficient (Wildman–Crippen LogP) is 1.10. The van der Waals surface area contributed by atoms with Crippen LogP contribution in [-0.4, -0.2) is 50.3 Å². The van der Waals surface area contributed by atoms with Gasteiger partial charge in [0, 0.05) is 25.7 Å². The number of nitrogens with one attached hydrogen (secondary N) is 1. The second kappa shape index (κ2) is 5.28. The van der Waals surface area contributed by atoms with Crippen LogP contribution in [0, 0.1) is 5.92 Å². The highest BCUT2D eigenvalue weighted by Gasteiger charge is 2.24. The third kappa shape index (κ3) is 3.16. The van der Waals surface area contributed by atoms with E-state index in [1.807, 2.05) is 0 Å². The first-order valence-corrected chi connectivity index (χ1v) is 6.29. The molecule has 1 N–H and O–H groups in total. The van der Waals surface area contributed by atoms with Gasteiger partial charge in [-0.2, -0.15) is 0 Å². The maximum Gasteiger partial charge on any atom is 0.0826 e. The van der Waals surface area contributed by atoms with Crippen molar-refractivity contribution >= 4 is 0 Å². The molecule has 3 heteroatoms. The molecule has 1 aliphatic heterocycles. The normalized spacial score (nSPS) is 38.4. The van der Waals surface area contributed by atoms with Crippen LogP contribution in [0.25, 0.3) is 0 Å². The fourth-order valence-electron chi connectivity index (χ4n) is 2.72. The molecular weight excluding hydrogens is 188 g/mol. The van der Waals surface area contributed by atoms with E-state index in [2.05, 4.69) is 24.2 Å². The average molecular weight is 212 g/mol. The standard InChI is InChI=1S/C12H24N2O/c1-10-4-3-5-12(10)13-8-11-9-14(2)6-7-15-11/h10-13H,3-9H2,1-2H3/t10-,11+,12+/m0/s1. The monoisotopic (exact) mass is 212 g/mol. The van der Waals surface area contributed by atoms with Crippen LogP contribution in [0.2, 0.25) is 0 Å². The highest BCUT2D eigenvalue weighted by molar-refractivity contribution is 4.82. The first-order valence-electron chi connectivity index (χ1n) is 6.29. The van der Waals surface area contributed by atoms with Crippen LogP contribution in [-0.2, 0) is 4.74 Å². The Hall–Kier alpha value is -0.120. The second-order valence-electron chi connectivity index (χ2n) is 5.18. The van der Waals surface area contributed by atoms with Gasteiger partial charge in [-0.15, -0.1) is 0 Å². The van der Waals surface area contributed by atoms with E-state index in [-0.39, 0.29) is 0 Å². The van der Waals surface area contributed by atoms with Gasteiger partial charge in [-0.3, -0.25) is 0 Å². The van der Waals surface area contributed by atoms with E-state index in [0.29, 0.717) is 6.10 Å². The van der Waals surface area contributed by atoms with Crippen molar-refractivity contribution < 1.29 is 4.74 Å². The van der Waals surface area contributed by atoms with Crippen molar-refractivity contribution in [3.05, 3.63) is 0 Å². The summed E-state index contributed by atoms with van der Waals surface area (Å²) in [5.41, 5.74) is 0. The number of nitrogens with zero attached hydrogens (tertiary/aromatic N) is 1. The van der Waals surface area contributed by atoms with Crippen molar-refractivity contribution in [2.45, 2.75) is 38.3 Å². The fourth-order valence-corrected chi connectivity index (χ4v) is 2.72. The molecule has 0 radical (unpaired) electrons. The third-order valence-electron chi connectivity index (χ3n) is 3.81. The summed E-state index contributed by atoms with van der Waals surface area (Å²) in [6.07, 6.45) is 4.54. The molecule has 0 aromatic heterocycles. The van der Waals surface area contributed by atoms with E-state index >= 15 is 0 Å². The lowest BCUT2D eigenvalue weighted by atomic mass is 10.1. The molecule has 2 aliphatic rings. The molecular formula is C12H24N2O. The predicted molar refractivity (Wildman–Crippen MR) is 62.0 cm³/mol. The van der Waals surface area contributed by atoms with E-state index in [4.69, 9.17) is 4.74 Å². The molecule has 3 atom stereocenters. The Morgan fingerprint density at radius 2 is 2.27 bits per heavy atom. The van der Waals surface area contributed by atoms with Crippen LogP contribution in [0.4, 0.5) is 0 Å². The van der Waals surface area contributed by atoms with Gasteiger partial charge < -0.3 is 15.0 Å². The molecule has 1 aliphatic carbocycles. The van der Waals surface area contributed by atoms with Crippen LogP contribution >= 0.6 is 0 Å². The molecule has 0 spiro atoms. The summed E-state index contributed by atoms with van der Waals surface area (Å²) < 4.78 is 5.74. The molecule has 2 fully saturated rings. The van der Waals surface area contributed by atoms with Gasteiger partial charge in [0.05, 0.1) is 12.7 Å². The fraction of sp³-hybridized carbons (Fsp3) is 1.00. The molecule has 0 aromatic rings. The highest BCUT2D eigenvalue weighted by atomic mass is 16.5. The van der Waals surface area contributed by atoms with E-state index in [9.17, 15) is 0 Å². The third-order valence-corrected chi connectivity index (χ3v) is 3.81. The number of morpholine rings is 1. The number of likely N-dealkylation sites (N-methyl/N-ethyl adjacent to an activating group) is 1. The van der Waals surface area contributed by atoms with Gasteiger partial charge in [0.25, 0.3) is 0 Å². The molecule has 15 heavy (non-hydrogen) atoms. The van der Waals surface area contributed by atoms with E-state index in [0.717, 1.165) is 38.2 Å². The molecule has 0 unspecified atom stereocenters. The van der Waals surface area contributed by atoms with E-state index in [1.54, 1.807) is 0 Å². The maximum atomic E-state index is 5.74. The summed E-state index contributed by atoms with van der Waals surface area (Å²) in [4.78, 5) is 2.36. The van der Waals surface area contributed by atoms with Gasteiger partial charge in [0.2, 0.25) is 0 Å². The molecule has 88 valence electrons. The Morgan fingerprint density at radius 1 is 1.40 bits per heavy atom. The topological polar surface area (TPSA) is 24.5 Å². The zero-order valence-corrected chi connectivity index (χ0v) is 10.0. The molecule has 0 amide bonds. The minimum absolute atomic E-state index is 0.400. The van der Waals surface area contributed by atoms with Crippen LogP contribution in [0.3, 0.4) is 0 Å². The zero-order chi connectivity index (χ0) is 10.7. The smallest absolute Gasteiger partial charge is 0.0826 e. The average Bonchev–Trinajstić information content (AvgIpc) is 2.61. The summed E-state index contributed by atoms with van der Waals surface area (Å²) in [7, 11) is 2.17. The van der Waals surface area contributed by atoms with Gasteiger partial charge in [-0.05, 0) is 25.8 Å². The number of rotatable bonds is 3. The van der Waals surface area contributed by atoms with Crippen LogP contribution in [0.1, 0.15) is 26.2 Å². The minimum atomic E-state index is 0.400. The lowest BCUT2D eigenvalue weighted by Crippen LogP contribution is -2.47. The molecule has 0 aromatic carbocycles. The Bertz CT molecular complexity index is 198. The van der Waals surface area contributed by atoms with Crippen LogP contribution in [0.15, 0.2) is 0 Å². The van der Waals surface area contributed by atoms with Crippen molar-refractivity contribution in [3.63, 3.8) is 0 Å². The Labute approximate surface area is 93.2 Å². The maximum absolute atomic E-state index is 5.74. The van der Waals surface area contributed by atoms with Crippen LogP contribution < -0.4 is 5.32 Å². The zero-order valence-electron chi connectivity index (χ0n) is 10.0. The SMILES string of the molecule is C[C@H]1CCC[C@H]1NC[C@@H]1CN(C)CCO1. The van der Waals surface area contributed by atoms with Crippen molar-refractivity contribution in [1.82, 2.24) is 10.2 Å². The van der Waals surface area contributed by atoms with Gasteiger partial charge in [0.1, 0.15) is 0 Å². The highest BCUT2D eigenvalue weighted by Crippen LogP contribution is 2.24. The molecule has 0 bridgehead atoms. The first kappa shape index (κ1) is 11.4.